The standard InChI is InChI=1S/C15H18N4O/c1-11-10-14(18-17-11)15(20)16-12-4-6-13(7-5-12)19-8-2-3-9-19/h4-7,10H,2-3,8-9H2,1H3,(H,16,20)(H,17,18). The Morgan fingerprint density at radius 3 is 2.55 bits per heavy atom. The van der Waals surface area contributed by atoms with Gasteiger partial charge in [-0.1, -0.05) is 0 Å². The smallest absolute Gasteiger partial charge is 0.276 e. The molecule has 5 nitrogen and oxygen atoms in total. The van der Waals surface area contributed by atoms with Crippen molar-refractivity contribution < 1.29 is 4.79 Å². The Kier molecular flexibility index (Phi) is 3.41. The highest BCUT2D eigenvalue weighted by molar-refractivity contribution is 6.02. The van der Waals surface area contributed by atoms with Gasteiger partial charge in [-0.05, 0) is 50.1 Å². The fourth-order valence-corrected chi connectivity index (χ4v) is 2.46. The van der Waals surface area contributed by atoms with Gasteiger partial charge in [0, 0.05) is 30.2 Å². The quantitative estimate of drug-likeness (QED) is 0.901. The summed E-state index contributed by atoms with van der Waals surface area (Å²) in [5.41, 5.74) is 3.29. The highest BCUT2D eigenvalue weighted by Crippen LogP contribution is 2.22. The first-order chi connectivity index (χ1) is 9.72. The number of benzene rings is 1. The number of hydrogen-bond acceptors (Lipinski definition) is 3. The van der Waals surface area contributed by atoms with E-state index in [4.69, 9.17) is 0 Å². The number of hydrogen-bond donors (Lipinski definition) is 2. The maximum atomic E-state index is 12.0. The van der Waals surface area contributed by atoms with Crippen molar-refractivity contribution >= 4 is 17.3 Å². The lowest BCUT2D eigenvalue weighted by atomic mass is 10.2. The van der Waals surface area contributed by atoms with Gasteiger partial charge >= 0.3 is 0 Å². The fraction of sp³-hybridized carbons (Fsp3) is 0.333. The topological polar surface area (TPSA) is 61.0 Å². The minimum atomic E-state index is -0.191. The maximum Gasteiger partial charge on any atom is 0.276 e. The lowest BCUT2D eigenvalue weighted by molar-refractivity contribution is 0.102. The number of amides is 1. The van der Waals surface area contributed by atoms with Crippen molar-refractivity contribution in [3.63, 3.8) is 0 Å². The summed E-state index contributed by atoms with van der Waals surface area (Å²) in [6.07, 6.45) is 2.52. The summed E-state index contributed by atoms with van der Waals surface area (Å²) in [5, 5.41) is 9.56. The summed E-state index contributed by atoms with van der Waals surface area (Å²) in [4.78, 5) is 14.3. The molecule has 1 aromatic heterocycles. The van der Waals surface area contributed by atoms with E-state index in [1.54, 1.807) is 6.07 Å². The third-order valence-corrected chi connectivity index (χ3v) is 3.53. The third kappa shape index (κ3) is 2.66. The van der Waals surface area contributed by atoms with Crippen LogP contribution in [0.25, 0.3) is 0 Å². The van der Waals surface area contributed by atoms with E-state index in [9.17, 15) is 4.79 Å². The number of nitrogens with zero attached hydrogens (tertiary/aromatic N) is 2. The maximum absolute atomic E-state index is 12.0. The van der Waals surface area contributed by atoms with Gasteiger partial charge in [-0.25, -0.2) is 0 Å². The molecule has 0 saturated carbocycles. The molecule has 1 amide bonds. The van der Waals surface area contributed by atoms with Crippen LogP contribution in [-0.4, -0.2) is 29.2 Å². The van der Waals surface area contributed by atoms with Crippen molar-refractivity contribution in [1.29, 1.82) is 0 Å². The number of aryl methyl sites for hydroxylation is 1. The molecular weight excluding hydrogens is 252 g/mol. The van der Waals surface area contributed by atoms with Crippen LogP contribution in [0.2, 0.25) is 0 Å². The Bertz CT molecular complexity index is 597. The largest absolute Gasteiger partial charge is 0.372 e. The van der Waals surface area contributed by atoms with E-state index in [0.717, 1.165) is 24.5 Å². The Balaban J connectivity index is 1.67. The molecular formula is C15H18N4O. The van der Waals surface area contributed by atoms with Crippen LogP contribution in [0.1, 0.15) is 29.0 Å². The van der Waals surface area contributed by atoms with E-state index in [1.165, 1.54) is 18.5 Å². The number of H-pyrrole nitrogens is 1. The van der Waals surface area contributed by atoms with E-state index >= 15 is 0 Å². The molecule has 1 aliphatic heterocycles. The van der Waals surface area contributed by atoms with Gasteiger partial charge in [-0.2, -0.15) is 5.10 Å². The van der Waals surface area contributed by atoms with Crippen molar-refractivity contribution in [2.75, 3.05) is 23.3 Å². The summed E-state index contributed by atoms with van der Waals surface area (Å²) in [6.45, 7) is 4.12. The zero-order valence-corrected chi connectivity index (χ0v) is 11.5. The zero-order chi connectivity index (χ0) is 13.9. The molecule has 0 unspecified atom stereocenters. The van der Waals surface area contributed by atoms with Crippen LogP contribution in [0.3, 0.4) is 0 Å². The second kappa shape index (κ2) is 5.36. The lowest BCUT2D eigenvalue weighted by Crippen LogP contribution is -2.17. The van der Waals surface area contributed by atoms with Crippen molar-refractivity contribution in [3.05, 3.63) is 41.7 Å². The number of aromatic amines is 1. The number of carbonyl (C=O) groups excluding carboxylic acids is 1. The molecule has 3 rings (SSSR count). The monoisotopic (exact) mass is 270 g/mol. The average molecular weight is 270 g/mol. The molecule has 1 saturated heterocycles. The molecule has 1 aromatic carbocycles. The Labute approximate surface area is 118 Å². The normalized spacial score (nSPS) is 14.6. The zero-order valence-electron chi connectivity index (χ0n) is 11.5. The van der Waals surface area contributed by atoms with Gasteiger partial charge in [-0.3, -0.25) is 9.89 Å². The van der Waals surface area contributed by atoms with E-state index < -0.39 is 0 Å². The van der Waals surface area contributed by atoms with Crippen molar-refractivity contribution in [2.45, 2.75) is 19.8 Å². The molecule has 0 radical (unpaired) electrons. The van der Waals surface area contributed by atoms with Crippen LogP contribution in [-0.2, 0) is 0 Å². The summed E-state index contributed by atoms with van der Waals surface area (Å²) >= 11 is 0. The summed E-state index contributed by atoms with van der Waals surface area (Å²) in [7, 11) is 0. The van der Waals surface area contributed by atoms with Crippen LogP contribution in [0.4, 0.5) is 11.4 Å². The molecule has 1 aliphatic rings. The number of anilines is 2. The minimum Gasteiger partial charge on any atom is -0.372 e. The van der Waals surface area contributed by atoms with Crippen LogP contribution in [0.15, 0.2) is 30.3 Å². The van der Waals surface area contributed by atoms with Crippen LogP contribution in [0.5, 0.6) is 0 Å². The first-order valence-corrected chi connectivity index (χ1v) is 6.91. The van der Waals surface area contributed by atoms with Gasteiger partial charge in [0.25, 0.3) is 5.91 Å². The molecule has 0 atom stereocenters. The van der Waals surface area contributed by atoms with E-state index in [1.807, 2.05) is 19.1 Å². The van der Waals surface area contributed by atoms with Gasteiger partial charge in [0.15, 0.2) is 5.69 Å². The van der Waals surface area contributed by atoms with E-state index in [2.05, 4.69) is 32.5 Å². The molecule has 0 bridgehead atoms. The first kappa shape index (κ1) is 12.7. The summed E-state index contributed by atoms with van der Waals surface area (Å²) in [5.74, 6) is -0.191. The SMILES string of the molecule is Cc1cc(C(=O)Nc2ccc(N3CCCC3)cc2)n[nH]1. The molecule has 104 valence electrons. The molecule has 2 N–H and O–H groups in total. The second-order valence-corrected chi connectivity index (χ2v) is 5.13. The predicted molar refractivity (Wildman–Crippen MR) is 79.2 cm³/mol. The highest BCUT2D eigenvalue weighted by Gasteiger charge is 2.13. The first-order valence-electron chi connectivity index (χ1n) is 6.91. The Morgan fingerprint density at radius 1 is 1.25 bits per heavy atom. The van der Waals surface area contributed by atoms with Crippen molar-refractivity contribution in [3.8, 4) is 0 Å². The van der Waals surface area contributed by atoms with Crippen molar-refractivity contribution in [2.24, 2.45) is 0 Å². The Hall–Kier alpha value is -2.30. The number of carbonyl (C=O) groups is 1. The van der Waals surface area contributed by atoms with Gasteiger partial charge in [-0.15, -0.1) is 0 Å². The number of nitrogens with one attached hydrogen (secondary N) is 2. The molecule has 20 heavy (non-hydrogen) atoms. The van der Waals surface area contributed by atoms with Gasteiger partial charge in [0.2, 0.25) is 0 Å². The van der Waals surface area contributed by atoms with Crippen LogP contribution < -0.4 is 10.2 Å². The van der Waals surface area contributed by atoms with E-state index in [-0.39, 0.29) is 5.91 Å². The molecule has 2 aromatic rings. The average Bonchev–Trinajstić information content (AvgIpc) is 3.10. The number of rotatable bonds is 3. The molecule has 0 aliphatic carbocycles. The van der Waals surface area contributed by atoms with Crippen LogP contribution >= 0.6 is 0 Å². The lowest BCUT2D eigenvalue weighted by Gasteiger charge is -2.17. The Morgan fingerprint density at radius 2 is 1.95 bits per heavy atom. The van der Waals surface area contributed by atoms with Gasteiger partial charge < -0.3 is 10.2 Å². The second-order valence-electron chi connectivity index (χ2n) is 5.13. The molecule has 2 heterocycles. The predicted octanol–water partition coefficient (Wildman–Crippen LogP) is 2.57. The summed E-state index contributed by atoms with van der Waals surface area (Å²) in [6, 6.07) is 9.71. The van der Waals surface area contributed by atoms with E-state index in [0.29, 0.717) is 5.69 Å². The van der Waals surface area contributed by atoms with Gasteiger partial charge in [0.1, 0.15) is 0 Å². The third-order valence-electron chi connectivity index (χ3n) is 3.53. The molecule has 1 fully saturated rings. The van der Waals surface area contributed by atoms with Crippen LogP contribution in [0, 0.1) is 6.92 Å². The minimum absolute atomic E-state index is 0.191. The number of aromatic nitrogens is 2. The van der Waals surface area contributed by atoms with Gasteiger partial charge in [0.05, 0.1) is 0 Å². The fourth-order valence-electron chi connectivity index (χ4n) is 2.46. The van der Waals surface area contributed by atoms with Crippen molar-refractivity contribution in [1.82, 2.24) is 10.2 Å². The highest BCUT2D eigenvalue weighted by atomic mass is 16.1. The summed E-state index contributed by atoms with van der Waals surface area (Å²) < 4.78 is 0. The molecule has 5 heteroatoms. The molecule has 0 spiro atoms.